The summed E-state index contributed by atoms with van der Waals surface area (Å²) in [5.41, 5.74) is 1.46. The minimum absolute atomic E-state index is 0.569. The molecule has 0 amide bonds. The van der Waals surface area contributed by atoms with E-state index in [1.807, 2.05) is 11.3 Å². The third-order valence-corrected chi connectivity index (χ3v) is 3.06. The molecule has 0 aliphatic carbocycles. The Hall–Kier alpha value is -0.340. The van der Waals surface area contributed by atoms with Gasteiger partial charge in [0.25, 0.3) is 0 Å². The van der Waals surface area contributed by atoms with E-state index in [0.29, 0.717) is 6.04 Å². The van der Waals surface area contributed by atoms with Gasteiger partial charge in [0.15, 0.2) is 0 Å². The van der Waals surface area contributed by atoms with Crippen LogP contribution in [0.3, 0.4) is 0 Å². The van der Waals surface area contributed by atoms with Gasteiger partial charge in [-0.2, -0.15) is 0 Å². The highest BCUT2D eigenvalue weighted by Gasteiger charge is 2.09. The van der Waals surface area contributed by atoms with Gasteiger partial charge >= 0.3 is 0 Å². The minimum atomic E-state index is 0.569. The van der Waals surface area contributed by atoms with E-state index in [4.69, 9.17) is 0 Å². The SMILES string of the molecule is CCCC(NCC)c1csc(C)c1. The normalized spacial score (nSPS) is 13.2. The molecule has 2 heteroatoms. The van der Waals surface area contributed by atoms with Crippen molar-refractivity contribution in [1.29, 1.82) is 0 Å². The lowest BCUT2D eigenvalue weighted by Gasteiger charge is -2.15. The van der Waals surface area contributed by atoms with Crippen LogP contribution in [0, 0.1) is 6.92 Å². The predicted octanol–water partition coefficient (Wildman–Crippen LogP) is 3.51. The van der Waals surface area contributed by atoms with Gasteiger partial charge in [0.05, 0.1) is 0 Å². The Balaban J connectivity index is 2.63. The van der Waals surface area contributed by atoms with Gasteiger partial charge in [-0.15, -0.1) is 11.3 Å². The third kappa shape index (κ3) is 3.12. The maximum absolute atomic E-state index is 3.52. The minimum Gasteiger partial charge on any atom is -0.310 e. The topological polar surface area (TPSA) is 12.0 Å². The Morgan fingerprint density at radius 1 is 1.46 bits per heavy atom. The highest BCUT2D eigenvalue weighted by Crippen LogP contribution is 2.23. The first-order chi connectivity index (χ1) is 6.27. The van der Waals surface area contributed by atoms with E-state index in [1.54, 1.807) is 0 Å². The summed E-state index contributed by atoms with van der Waals surface area (Å²) in [5, 5.41) is 5.80. The van der Waals surface area contributed by atoms with Crippen LogP contribution < -0.4 is 5.32 Å². The second-order valence-corrected chi connectivity index (χ2v) is 4.50. The average molecular weight is 197 g/mol. The van der Waals surface area contributed by atoms with E-state index in [0.717, 1.165) is 6.54 Å². The molecule has 1 aromatic rings. The van der Waals surface area contributed by atoms with Gasteiger partial charge in [0, 0.05) is 10.9 Å². The molecule has 0 saturated carbocycles. The second kappa shape index (κ2) is 5.40. The molecular formula is C11H19NS. The molecule has 0 saturated heterocycles. The zero-order valence-electron chi connectivity index (χ0n) is 8.76. The standard InChI is InChI=1S/C11H19NS/c1-4-6-11(12-5-2)10-7-9(3)13-8-10/h7-8,11-12H,4-6H2,1-3H3. The molecule has 74 valence electrons. The van der Waals surface area contributed by atoms with Crippen molar-refractivity contribution in [1.82, 2.24) is 5.32 Å². The first-order valence-electron chi connectivity index (χ1n) is 5.06. The van der Waals surface area contributed by atoms with Crippen LogP contribution in [0.4, 0.5) is 0 Å². The summed E-state index contributed by atoms with van der Waals surface area (Å²) in [4.78, 5) is 1.41. The van der Waals surface area contributed by atoms with Crippen molar-refractivity contribution >= 4 is 11.3 Å². The van der Waals surface area contributed by atoms with E-state index in [9.17, 15) is 0 Å². The Bertz CT molecular complexity index is 236. The summed E-state index contributed by atoms with van der Waals surface area (Å²) in [6.07, 6.45) is 2.48. The molecule has 0 spiro atoms. The van der Waals surface area contributed by atoms with Crippen LogP contribution in [0.25, 0.3) is 0 Å². The first-order valence-corrected chi connectivity index (χ1v) is 5.94. The maximum Gasteiger partial charge on any atom is 0.0328 e. The number of aryl methyl sites for hydroxylation is 1. The highest BCUT2D eigenvalue weighted by molar-refractivity contribution is 7.10. The van der Waals surface area contributed by atoms with Crippen molar-refractivity contribution in [2.24, 2.45) is 0 Å². The van der Waals surface area contributed by atoms with E-state index in [-0.39, 0.29) is 0 Å². The summed E-state index contributed by atoms with van der Waals surface area (Å²) in [6, 6.07) is 2.87. The molecule has 0 bridgehead atoms. The molecule has 13 heavy (non-hydrogen) atoms. The molecule has 1 atom stereocenters. The monoisotopic (exact) mass is 197 g/mol. The summed E-state index contributed by atoms with van der Waals surface area (Å²) < 4.78 is 0. The molecule has 1 aromatic heterocycles. The van der Waals surface area contributed by atoms with Gasteiger partial charge in [0.1, 0.15) is 0 Å². The van der Waals surface area contributed by atoms with Crippen molar-refractivity contribution < 1.29 is 0 Å². The van der Waals surface area contributed by atoms with Crippen LogP contribution in [-0.4, -0.2) is 6.54 Å². The zero-order valence-corrected chi connectivity index (χ0v) is 9.58. The Morgan fingerprint density at radius 2 is 2.23 bits per heavy atom. The quantitative estimate of drug-likeness (QED) is 0.761. The van der Waals surface area contributed by atoms with E-state index in [1.165, 1.54) is 23.3 Å². The number of thiophene rings is 1. The zero-order chi connectivity index (χ0) is 9.68. The number of hydrogen-bond donors (Lipinski definition) is 1. The van der Waals surface area contributed by atoms with Crippen LogP contribution in [0.2, 0.25) is 0 Å². The second-order valence-electron chi connectivity index (χ2n) is 3.39. The maximum atomic E-state index is 3.52. The van der Waals surface area contributed by atoms with Crippen LogP contribution in [0.15, 0.2) is 11.4 Å². The van der Waals surface area contributed by atoms with Crippen molar-refractivity contribution in [3.8, 4) is 0 Å². The molecule has 1 N–H and O–H groups in total. The Labute approximate surface area is 85.2 Å². The average Bonchev–Trinajstić information content (AvgIpc) is 2.51. The lowest BCUT2D eigenvalue weighted by Crippen LogP contribution is -2.20. The van der Waals surface area contributed by atoms with Crippen molar-refractivity contribution in [2.75, 3.05) is 6.54 Å². The fourth-order valence-corrected chi connectivity index (χ4v) is 2.33. The van der Waals surface area contributed by atoms with Gasteiger partial charge in [-0.3, -0.25) is 0 Å². The molecule has 0 aromatic carbocycles. The summed E-state index contributed by atoms with van der Waals surface area (Å²) in [5.74, 6) is 0. The lowest BCUT2D eigenvalue weighted by atomic mass is 10.1. The van der Waals surface area contributed by atoms with Crippen LogP contribution in [0.5, 0.6) is 0 Å². The Kier molecular flexibility index (Phi) is 4.46. The van der Waals surface area contributed by atoms with Crippen LogP contribution in [-0.2, 0) is 0 Å². The highest BCUT2D eigenvalue weighted by atomic mass is 32.1. The fourth-order valence-electron chi connectivity index (χ4n) is 1.57. The molecule has 1 unspecified atom stereocenters. The summed E-state index contributed by atoms with van der Waals surface area (Å²) >= 11 is 1.84. The third-order valence-electron chi connectivity index (χ3n) is 2.18. The van der Waals surface area contributed by atoms with Gasteiger partial charge in [-0.25, -0.2) is 0 Å². The summed E-state index contributed by atoms with van der Waals surface area (Å²) in [6.45, 7) is 7.63. The molecule has 0 fully saturated rings. The van der Waals surface area contributed by atoms with Gasteiger partial charge < -0.3 is 5.32 Å². The molecule has 1 nitrogen and oxygen atoms in total. The van der Waals surface area contributed by atoms with E-state index < -0.39 is 0 Å². The first kappa shape index (κ1) is 10.7. The van der Waals surface area contributed by atoms with Crippen LogP contribution >= 0.6 is 11.3 Å². The largest absolute Gasteiger partial charge is 0.310 e. The van der Waals surface area contributed by atoms with Gasteiger partial charge in [-0.1, -0.05) is 20.3 Å². The van der Waals surface area contributed by atoms with Crippen molar-refractivity contribution in [3.05, 3.63) is 21.9 Å². The Morgan fingerprint density at radius 3 is 2.69 bits per heavy atom. The van der Waals surface area contributed by atoms with E-state index >= 15 is 0 Å². The number of nitrogens with one attached hydrogen (secondary N) is 1. The van der Waals surface area contributed by atoms with E-state index in [2.05, 4.69) is 37.5 Å². The number of hydrogen-bond acceptors (Lipinski definition) is 2. The van der Waals surface area contributed by atoms with Gasteiger partial charge in [0.2, 0.25) is 0 Å². The van der Waals surface area contributed by atoms with Crippen LogP contribution in [0.1, 0.15) is 43.2 Å². The smallest absolute Gasteiger partial charge is 0.0328 e. The van der Waals surface area contributed by atoms with Crippen molar-refractivity contribution in [2.45, 2.75) is 39.7 Å². The molecule has 0 radical (unpaired) electrons. The fraction of sp³-hybridized carbons (Fsp3) is 0.636. The molecule has 0 aliphatic heterocycles. The molecule has 0 aliphatic rings. The molecular weight excluding hydrogens is 178 g/mol. The molecule has 1 rings (SSSR count). The number of rotatable bonds is 5. The summed E-state index contributed by atoms with van der Waals surface area (Å²) in [7, 11) is 0. The predicted molar refractivity (Wildman–Crippen MR) is 60.4 cm³/mol. The van der Waals surface area contributed by atoms with Crippen molar-refractivity contribution in [3.63, 3.8) is 0 Å². The van der Waals surface area contributed by atoms with Gasteiger partial charge in [-0.05, 0) is 36.9 Å². The lowest BCUT2D eigenvalue weighted by molar-refractivity contribution is 0.510. The molecule has 1 heterocycles.